The molecule has 0 aliphatic carbocycles. The van der Waals surface area contributed by atoms with Crippen LogP contribution >= 0.6 is 0 Å². The minimum Gasteiger partial charge on any atom is -0.451 e. The van der Waals surface area contributed by atoms with Crippen LogP contribution in [0.5, 0.6) is 0 Å². The van der Waals surface area contributed by atoms with E-state index in [-0.39, 0.29) is 5.78 Å². The first kappa shape index (κ1) is 19.5. The molecule has 4 nitrogen and oxygen atoms in total. The van der Waals surface area contributed by atoms with Crippen LogP contribution < -0.4 is 0 Å². The molecule has 1 atom stereocenters. The van der Waals surface area contributed by atoms with Gasteiger partial charge in [-0.05, 0) is 26.0 Å². The molecule has 0 aliphatic heterocycles. The molecule has 4 rings (SSSR count). The number of para-hydroxylation sites is 1. The Bertz CT molecular complexity index is 1210. The molecular formula is C26H21NO3. The van der Waals surface area contributed by atoms with Gasteiger partial charge in [0.1, 0.15) is 0 Å². The molecule has 0 aliphatic rings. The molecule has 4 aromatic rings. The molecule has 3 aromatic carbocycles. The first-order chi connectivity index (χ1) is 14.5. The normalized spacial score (nSPS) is 11.8. The van der Waals surface area contributed by atoms with Crippen molar-refractivity contribution in [1.29, 1.82) is 0 Å². The minimum absolute atomic E-state index is 0.231. The Morgan fingerprint density at radius 1 is 0.867 bits per heavy atom. The molecule has 0 fully saturated rings. The summed E-state index contributed by atoms with van der Waals surface area (Å²) in [5.74, 6) is -0.774. The van der Waals surface area contributed by atoms with Gasteiger partial charge in [0.2, 0.25) is 5.78 Å². The summed E-state index contributed by atoms with van der Waals surface area (Å²) in [7, 11) is 0. The standard InChI is InChI=1S/C26H21NO3/c1-17-12-14-20(15-13-17)25(28)18(2)30-26(29)22-16-24(19-8-4-3-5-9-19)27-23-11-7-6-10-21(22)23/h3-16,18H,1-2H3. The fraction of sp³-hybridized carbons (Fsp3) is 0.115. The molecule has 0 spiro atoms. The average molecular weight is 395 g/mol. The van der Waals surface area contributed by atoms with Crippen LogP contribution in [0.3, 0.4) is 0 Å². The van der Waals surface area contributed by atoms with Gasteiger partial charge >= 0.3 is 5.97 Å². The van der Waals surface area contributed by atoms with Crippen LogP contribution in [0, 0.1) is 6.92 Å². The van der Waals surface area contributed by atoms with E-state index in [9.17, 15) is 9.59 Å². The summed E-state index contributed by atoms with van der Waals surface area (Å²) < 4.78 is 5.57. The summed E-state index contributed by atoms with van der Waals surface area (Å²) in [5.41, 5.74) is 4.25. The number of carbonyl (C=O) groups is 2. The van der Waals surface area contributed by atoms with Gasteiger partial charge in [0.05, 0.1) is 16.8 Å². The number of nitrogens with zero attached hydrogens (tertiary/aromatic N) is 1. The summed E-state index contributed by atoms with van der Waals surface area (Å²) in [5, 5.41) is 0.692. The van der Waals surface area contributed by atoms with Crippen LogP contribution in [-0.2, 0) is 4.74 Å². The largest absolute Gasteiger partial charge is 0.451 e. The third-order valence-electron chi connectivity index (χ3n) is 4.99. The molecule has 1 unspecified atom stereocenters. The Kier molecular flexibility index (Phi) is 5.40. The van der Waals surface area contributed by atoms with E-state index >= 15 is 0 Å². The maximum atomic E-state index is 13.0. The summed E-state index contributed by atoms with van der Waals surface area (Å²) in [6, 6.07) is 26.0. The van der Waals surface area contributed by atoms with Gasteiger partial charge in [-0.3, -0.25) is 4.79 Å². The number of esters is 1. The van der Waals surface area contributed by atoms with Crippen LogP contribution in [0.15, 0.2) is 84.9 Å². The SMILES string of the molecule is Cc1ccc(C(=O)C(C)OC(=O)c2cc(-c3ccccc3)nc3ccccc23)cc1. The van der Waals surface area contributed by atoms with Gasteiger partial charge in [0.25, 0.3) is 0 Å². The first-order valence-corrected chi connectivity index (χ1v) is 9.80. The third kappa shape index (κ3) is 3.98. The van der Waals surface area contributed by atoms with E-state index in [4.69, 9.17) is 4.74 Å². The Morgan fingerprint density at radius 2 is 1.53 bits per heavy atom. The van der Waals surface area contributed by atoms with Crippen molar-refractivity contribution >= 4 is 22.7 Å². The number of fused-ring (bicyclic) bond motifs is 1. The van der Waals surface area contributed by atoms with Gasteiger partial charge in [-0.1, -0.05) is 78.4 Å². The number of hydrogen-bond acceptors (Lipinski definition) is 4. The maximum Gasteiger partial charge on any atom is 0.339 e. The summed E-state index contributed by atoms with van der Waals surface area (Å²) >= 11 is 0. The summed E-state index contributed by atoms with van der Waals surface area (Å²) in [6.07, 6.45) is -0.896. The Hall–Kier alpha value is -3.79. The predicted octanol–water partition coefficient (Wildman–Crippen LogP) is 5.64. The van der Waals surface area contributed by atoms with E-state index in [2.05, 4.69) is 4.98 Å². The topological polar surface area (TPSA) is 56.3 Å². The summed E-state index contributed by atoms with van der Waals surface area (Å²) in [6.45, 7) is 3.55. The maximum absolute atomic E-state index is 13.0. The van der Waals surface area contributed by atoms with Crippen LogP contribution in [0.25, 0.3) is 22.2 Å². The van der Waals surface area contributed by atoms with E-state index in [0.717, 1.165) is 11.1 Å². The van der Waals surface area contributed by atoms with Crippen LogP contribution in [0.2, 0.25) is 0 Å². The monoisotopic (exact) mass is 395 g/mol. The Balaban J connectivity index is 1.67. The second-order valence-electron chi connectivity index (χ2n) is 7.22. The number of aromatic nitrogens is 1. The molecule has 4 heteroatoms. The number of ketones is 1. The van der Waals surface area contributed by atoms with Crippen molar-refractivity contribution in [3.05, 3.63) is 102 Å². The third-order valence-corrected chi connectivity index (χ3v) is 4.99. The van der Waals surface area contributed by atoms with E-state index in [1.165, 1.54) is 0 Å². The van der Waals surface area contributed by atoms with Gasteiger partial charge in [-0.25, -0.2) is 9.78 Å². The quantitative estimate of drug-likeness (QED) is 0.324. The summed E-state index contributed by atoms with van der Waals surface area (Å²) in [4.78, 5) is 30.4. The lowest BCUT2D eigenvalue weighted by molar-refractivity contribution is 0.0320. The van der Waals surface area contributed by atoms with Gasteiger partial charge in [-0.2, -0.15) is 0 Å². The van der Waals surface area contributed by atoms with Crippen molar-refractivity contribution in [3.63, 3.8) is 0 Å². The molecule has 1 aromatic heterocycles. The molecule has 30 heavy (non-hydrogen) atoms. The van der Waals surface area contributed by atoms with Crippen molar-refractivity contribution in [2.45, 2.75) is 20.0 Å². The van der Waals surface area contributed by atoms with Gasteiger partial charge in [0, 0.05) is 16.5 Å². The second kappa shape index (κ2) is 8.29. The second-order valence-corrected chi connectivity index (χ2v) is 7.22. The molecule has 0 saturated carbocycles. The molecule has 0 bridgehead atoms. The van der Waals surface area contributed by atoms with Crippen molar-refractivity contribution in [1.82, 2.24) is 4.98 Å². The highest BCUT2D eigenvalue weighted by atomic mass is 16.5. The Morgan fingerprint density at radius 3 is 2.27 bits per heavy atom. The van der Waals surface area contributed by atoms with Crippen LogP contribution in [0.1, 0.15) is 33.2 Å². The number of hydrogen-bond donors (Lipinski definition) is 0. The predicted molar refractivity (Wildman–Crippen MR) is 118 cm³/mol. The van der Waals surface area contributed by atoms with Crippen molar-refractivity contribution in [3.8, 4) is 11.3 Å². The Labute approximate surface area is 175 Å². The molecule has 0 N–H and O–H groups in total. The van der Waals surface area contributed by atoms with Gasteiger partial charge < -0.3 is 4.74 Å². The van der Waals surface area contributed by atoms with Gasteiger partial charge in [0.15, 0.2) is 6.10 Å². The number of pyridine rings is 1. The van der Waals surface area contributed by atoms with E-state index in [1.807, 2.05) is 73.7 Å². The number of rotatable bonds is 5. The van der Waals surface area contributed by atoms with E-state index in [0.29, 0.717) is 27.7 Å². The number of benzene rings is 3. The molecular weight excluding hydrogens is 374 g/mol. The molecule has 0 amide bonds. The molecule has 148 valence electrons. The lowest BCUT2D eigenvalue weighted by Gasteiger charge is -2.14. The highest BCUT2D eigenvalue weighted by molar-refractivity contribution is 6.06. The minimum atomic E-state index is -0.896. The fourth-order valence-corrected chi connectivity index (χ4v) is 3.33. The number of Topliss-reactive ketones (excluding diaryl/α,β-unsaturated/α-hetero) is 1. The smallest absolute Gasteiger partial charge is 0.339 e. The highest BCUT2D eigenvalue weighted by Crippen LogP contribution is 2.26. The number of aryl methyl sites for hydroxylation is 1. The van der Waals surface area contributed by atoms with Crippen LogP contribution in [0.4, 0.5) is 0 Å². The van der Waals surface area contributed by atoms with Crippen LogP contribution in [-0.4, -0.2) is 22.8 Å². The van der Waals surface area contributed by atoms with E-state index < -0.39 is 12.1 Å². The van der Waals surface area contributed by atoms with Crippen molar-refractivity contribution in [2.75, 3.05) is 0 Å². The number of ether oxygens (including phenoxy) is 1. The van der Waals surface area contributed by atoms with Crippen molar-refractivity contribution < 1.29 is 14.3 Å². The van der Waals surface area contributed by atoms with E-state index in [1.54, 1.807) is 25.1 Å². The zero-order valence-electron chi connectivity index (χ0n) is 16.8. The molecule has 0 saturated heterocycles. The fourth-order valence-electron chi connectivity index (χ4n) is 3.33. The zero-order valence-corrected chi connectivity index (χ0v) is 16.8. The lowest BCUT2D eigenvalue weighted by Crippen LogP contribution is -2.24. The molecule has 1 heterocycles. The zero-order chi connectivity index (χ0) is 21.1. The van der Waals surface area contributed by atoms with Crippen molar-refractivity contribution in [2.24, 2.45) is 0 Å². The molecule has 0 radical (unpaired) electrons. The average Bonchev–Trinajstić information content (AvgIpc) is 2.78. The van der Waals surface area contributed by atoms with Gasteiger partial charge in [-0.15, -0.1) is 0 Å². The highest BCUT2D eigenvalue weighted by Gasteiger charge is 2.22. The first-order valence-electron chi connectivity index (χ1n) is 9.80. The number of carbonyl (C=O) groups excluding carboxylic acids is 2. The lowest BCUT2D eigenvalue weighted by atomic mass is 10.0.